The van der Waals surface area contributed by atoms with Gasteiger partial charge in [-0.05, 0) is 30.7 Å². The fourth-order valence-corrected chi connectivity index (χ4v) is 1.80. The van der Waals surface area contributed by atoms with Crippen LogP contribution in [-0.4, -0.2) is 29.8 Å². The molecular formula is C16H16ClF4N3O2. The largest absolute Gasteiger partial charge is 0.471 e. The summed E-state index contributed by atoms with van der Waals surface area (Å²) in [5, 5.41) is 2.64. The topological polar surface area (TPSA) is 77.2 Å². The fraction of sp³-hybridized carbons (Fsp3) is 0.250. The van der Waals surface area contributed by atoms with Crippen LogP contribution in [0.1, 0.15) is 15.9 Å². The molecule has 0 aliphatic rings. The van der Waals surface area contributed by atoms with Crippen molar-refractivity contribution in [3.8, 4) is 5.88 Å². The van der Waals surface area contributed by atoms with Crippen LogP contribution in [0.15, 0.2) is 36.5 Å². The lowest BCUT2D eigenvalue weighted by atomic mass is 10.1. The number of rotatable bonds is 6. The maximum absolute atomic E-state index is 12.8. The summed E-state index contributed by atoms with van der Waals surface area (Å²) < 4.78 is 54.2. The number of nitrogen functional groups attached to an aromatic ring is 1. The van der Waals surface area contributed by atoms with Crippen LogP contribution in [0.3, 0.4) is 0 Å². The maximum atomic E-state index is 12.8. The second-order valence-electron chi connectivity index (χ2n) is 5.26. The third-order valence-corrected chi connectivity index (χ3v) is 3.24. The van der Waals surface area contributed by atoms with E-state index in [1.165, 1.54) is 6.07 Å². The van der Waals surface area contributed by atoms with Crippen molar-refractivity contribution in [3.05, 3.63) is 47.7 Å². The van der Waals surface area contributed by atoms with Gasteiger partial charge in [-0.2, -0.15) is 8.78 Å². The predicted molar refractivity (Wildman–Crippen MR) is 91.5 cm³/mol. The van der Waals surface area contributed by atoms with Gasteiger partial charge in [-0.3, -0.25) is 4.79 Å². The monoisotopic (exact) mass is 393 g/mol. The number of anilines is 2. The van der Waals surface area contributed by atoms with Crippen LogP contribution in [0.5, 0.6) is 5.88 Å². The summed E-state index contributed by atoms with van der Waals surface area (Å²) in [4.78, 5) is 15.8. The van der Waals surface area contributed by atoms with Crippen molar-refractivity contribution in [2.24, 2.45) is 0 Å². The van der Waals surface area contributed by atoms with Crippen LogP contribution < -0.4 is 15.8 Å². The molecule has 10 heteroatoms. The van der Waals surface area contributed by atoms with Crippen molar-refractivity contribution in [1.29, 1.82) is 0 Å². The average molecular weight is 394 g/mol. The Labute approximate surface area is 153 Å². The molecule has 0 radical (unpaired) electrons. The lowest BCUT2D eigenvalue weighted by Gasteiger charge is -2.15. The van der Waals surface area contributed by atoms with Crippen molar-refractivity contribution in [1.82, 2.24) is 4.98 Å². The Morgan fingerprint density at radius 1 is 1.31 bits per heavy atom. The van der Waals surface area contributed by atoms with Gasteiger partial charge in [0.05, 0.1) is 5.56 Å². The van der Waals surface area contributed by atoms with Gasteiger partial charge < -0.3 is 15.8 Å². The fourth-order valence-electron chi connectivity index (χ4n) is 1.80. The molecule has 0 bridgehead atoms. The van der Waals surface area contributed by atoms with Crippen molar-refractivity contribution < 1.29 is 27.1 Å². The number of nitrogens with zero attached hydrogens (tertiary/aromatic N) is 1. The number of hydrogen-bond donors (Lipinski definition) is 2. The first-order valence-electron chi connectivity index (χ1n) is 7.11. The van der Waals surface area contributed by atoms with E-state index in [-0.39, 0.29) is 23.9 Å². The van der Waals surface area contributed by atoms with E-state index < -0.39 is 24.9 Å². The Morgan fingerprint density at radius 3 is 2.58 bits per heavy atom. The predicted octanol–water partition coefficient (Wildman–Crippen LogP) is 3.93. The summed E-state index contributed by atoms with van der Waals surface area (Å²) in [6.45, 7) is 0.277. The molecular weight excluding hydrogens is 378 g/mol. The number of alkyl halides is 4. The Hall–Kier alpha value is -2.55. The number of carbonyl (C=O) groups excluding carboxylic acids is 1. The van der Waals surface area contributed by atoms with E-state index >= 15 is 0 Å². The van der Waals surface area contributed by atoms with Gasteiger partial charge in [-0.1, -0.05) is 6.07 Å². The molecule has 0 atom stereocenters. The summed E-state index contributed by atoms with van der Waals surface area (Å²) in [5.41, 5.74) is 7.58. The molecule has 2 aromatic rings. The van der Waals surface area contributed by atoms with Crippen LogP contribution >= 0.6 is 12.4 Å². The number of amides is 1. The zero-order chi connectivity index (χ0) is 18.6. The van der Waals surface area contributed by atoms with Crippen molar-refractivity contribution >= 4 is 29.7 Å². The quantitative estimate of drug-likeness (QED) is 0.576. The highest BCUT2D eigenvalue weighted by Gasteiger charge is 2.41. The van der Waals surface area contributed by atoms with Crippen LogP contribution in [0.4, 0.5) is 28.9 Å². The molecule has 0 fully saturated rings. The Kier molecular flexibility index (Phi) is 7.19. The van der Waals surface area contributed by atoms with Gasteiger partial charge >= 0.3 is 12.3 Å². The molecule has 3 N–H and O–H groups in total. The standard InChI is InChI=1S/C16H15F4N3O2.ClH/c1-9-2-4-11(21)6-12(9)23-14(24)10-3-5-13(22-7-10)25-8-16(19,20)15(17)18;/h2-7,15H,8,21H2,1H3,(H,23,24);1H. The maximum Gasteiger partial charge on any atom is 0.340 e. The average Bonchev–Trinajstić information content (AvgIpc) is 2.56. The molecule has 2 rings (SSSR count). The molecule has 1 amide bonds. The molecule has 1 aromatic carbocycles. The Balaban J connectivity index is 0.00000338. The Morgan fingerprint density at radius 2 is 2.00 bits per heavy atom. The molecule has 0 saturated heterocycles. The normalized spacial score (nSPS) is 11.0. The molecule has 0 aliphatic heterocycles. The van der Waals surface area contributed by atoms with E-state index in [2.05, 4.69) is 15.0 Å². The first kappa shape index (κ1) is 21.5. The third-order valence-electron chi connectivity index (χ3n) is 3.24. The zero-order valence-electron chi connectivity index (χ0n) is 13.5. The number of ether oxygens (including phenoxy) is 1. The zero-order valence-corrected chi connectivity index (χ0v) is 14.3. The SMILES string of the molecule is Cc1ccc(N)cc1NC(=O)c1ccc(OCC(F)(F)C(F)F)nc1.Cl. The number of nitrogens with two attached hydrogens (primary N) is 1. The van der Waals surface area contributed by atoms with Gasteiger partial charge in [0.25, 0.3) is 5.91 Å². The number of aryl methyl sites for hydroxylation is 1. The number of pyridine rings is 1. The lowest BCUT2D eigenvalue weighted by molar-refractivity contribution is -0.148. The molecule has 0 spiro atoms. The van der Waals surface area contributed by atoms with Crippen LogP contribution in [-0.2, 0) is 0 Å². The molecule has 0 unspecified atom stereocenters. The summed E-state index contributed by atoms with van der Waals surface area (Å²) in [6, 6.07) is 7.43. The summed E-state index contributed by atoms with van der Waals surface area (Å²) >= 11 is 0. The second-order valence-corrected chi connectivity index (χ2v) is 5.26. The minimum absolute atomic E-state index is 0. The van der Waals surface area contributed by atoms with Crippen LogP contribution in [0, 0.1) is 6.92 Å². The number of benzene rings is 1. The van der Waals surface area contributed by atoms with E-state index in [0.717, 1.165) is 17.8 Å². The first-order chi connectivity index (χ1) is 11.7. The second kappa shape index (κ2) is 8.70. The number of aromatic nitrogens is 1. The van der Waals surface area contributed by atoms with Gasteiger partial charge in [0.1, 0.15) is 0 Å². The first-order valence-corrected chi connectivity index (χ1v) is 7.11. The van der Waals surface area contributed by atoms with E-state index in [9.17, 15) is 22.4 Å². The van der Waals surface area contributed by atoms with Gasteiger partial charge in [0, 0.05) is 23.6 Å². The van der Waals surface area contributed by atoms with E-state index in [1.54, 1.807) is 25.1 Å². The van der Waals surface area contributed by atoms with Gasteiger partial charge in [-0.25, -0.2) is 13.8 Å². The number of carbonyl (C=O) groups is 1. The minimum atomic E-state index is -4.28. The van der Waals surface area contributed by atoms with Crippen molar-refractivity contribution in [2.45, 2.75) is 19.3 Å². The van der Waals surface area contributed by atoms with Gasteiger partial charge in [0.2, 0.25) is 5.88 Å². The molecule has 5 nitrogen and oxygen atoms in total. The molecule has 26 heavy (non-hydrogen) atoms. The smallest absolute Gasteiger partial charge is 0.340 e. The van der Waals surface area contributed by atoms with E-state index in [0.29, 0.717) is 11.4 Å². The molecule has 1 heterocycles. The van der Waals surface area contributed by atoms with Crippen molar-refractivity contribution in [2.75, 3.05) is 17.7 Å². The van der Waals surface area contributed by atoms with Gasteiger partial charge in [0.15, 0.2) is 6.61 Å². The lowest BCUT2D eigenvalue weighted by Crippen LogP contribution is -2.33. The Bertz CT molecular complexity index is 758. The van der Waals surface area contributed by atoms with Gasteiger partial charge in [-0.15, -0.1) is 12.4 Å². The highest BCUT2D eigenvalue weighted by atomic mass is 35.5. The highest BCUT2D eigenvalue weighted by Crippen LogP contribution is 2.24. The number of hydrogen-bond acceptors (Lipinski definition) is 4. The van der Waals surface area contributed by atoms with E-state index in [4.69, 9.17) is 5.73 Å². The summed E-state index contributed by atoms with van der Waals surface area (Å²) in [5.74, 6) is -5.06. The summed E-state index contributed by atoms with van der Waals surface area (Å²) in [7, 11) is 0. The van der Waals surface area contributed by atoms with Crippen molar-refractivity contribution in [3.63, 3.8) is 0 Å². The highest BCUT2D eigenvalue weighted by molar-refractivity contribution is 6.04. The molecule has 0 aliphatic carbocycles. The molecule has 142 valence electrons. The molecule has 1 aromatic heterocycles. The van der Waals surface area contributed by atoms with Crippen LogP contribution in [0.25, 0.3) is 0 Å². The van der Waals surface area contributed by atoms with E-state index in [1.807, 2.05) is 0 Å². The van der Waals surface area contributed by atoms with Crippen LogP contribution in [0.2, 0.25) is 0 Å². The number of nitrogens with one attached hydrogen (secondary N) is 1. The summed E-state index contributed by atoms with van der Waals surface area (Å²) in [6.07, 6.45) is -2.74. The number of halogens is 5. The minimum Gasteiger partial charge on any atom is -0.471 e. The molecule has 0 saturated carbocycles. The third kappa shape index (κ3) is 5.48.